The van der Waals surface area contributed by atoms with Gasteiger partial charge in [-0.3, -0.25) is 9.59 Å². The molecule has 2 nitrogen and oxygen atoms in total. The Balaban J connectivity index is 2.51. The summed E-state index contributed by atoms with van der Waals surface area (Å²) < 4.78 is -0.514. The van der Waals surface area contributed by atoms with Gasteiger partial charge in [-0.2, -0.15) is 0 Å². The SMILES string of the molecule is C=CCC1(C)C(=O)SC(C)(CCCCCCCC)C1=O. The van der Waals surface area contributed by atoms with E-state index in [-0.39, 0.29) is 10.9 Å². The molecule has 0 N–H and O–H groups in total. The summed E-state index contributed by atoms with van der Waals surface area (Å²) in [6.45, 7) is 9.60. The quantitative estimate of drug-likeness (QED) is 0.344. The van der Waals surface area contributed by atoms with Crippen molar-refractivity contribution < 1.29 is 9.59 Å². The van der Waals surface area contributed by atoms with Crippen LogP contribution in [0.4, 0.5) is 0 Å². The molecule has 1 aliphatic rings. The molecule has 0 saturated carbocycles. The van der Waals surface area contributed by atoms with E-state index in [0.717, 1.165) is 19.3 Å². The number of rotatable bonds is 9. The van der Waals surface area contributed by atoms with Crippen LogP contribution in [-0.4, -0.2) is 15.6 Å². The molecule has 0 bridgehead atoms. The molecule has 0 aromatic heterocycles. The fraction of sp³-hybridized carbons (Fsp3) is 0.765. The summed E-state index contributed by atoms with van der Waals surface area (Å²) in [5.74, 6) is 0.105. The third-order valence-corrected chi connectivity index (χ3v) is 5.79. The van der Waals surface area contributed by atoms with Gasteiger partial charge in [-0.1, -0.05) is 63.3 Å². The van der Waals surface area contributed by atoms with Crippen LogP contribution in [0.25, 0.3) is 0 Å². The van der Waals surface area contributed by atoms with E-state index in [9.17, 15) is 9.59 Å². The number of ketones is 1. The molecule has 0 spiro atoms. The molecule has 1 rings (SSSR count). The van der Waals surface area contributed by atoms with Crippen molar-refractivity contribution in [2.75, 3.05) is 0 Å². The maximum atomic E-state index is 12.6. The number of carbonyl (C=O) groups is 2. The molecule has 0 amide bonds. The molecular weight excluding hydrogens is 268 g/mol. The highest BCUT2D eigenvalue weighted by Gasteiger charge is 2.57. The second-order valence-electron chi connectivity index (χ2n) is 6.29. The zero-order valence-corrected chi connectivity index (χ0v) is 14.0. The molecule has 1 fully saturated rings. The highest BCUT2D eigenvalue weighted by atomic mass is 32.2. The van der Waals surface area contributed by atoms with E-state index < -0.39 is 10.2 Å². The molecule has 2 atom stereocenters. The van der Waals surface area contributed by atoms with Gasteiger partial charge in [0, 0.05) is 0 Å². The van der Waals surface area contributed by atoms with Crippen LogP contribution in [0.2, 0.25) is 0 Å². The van der Waals surface area contributed by atoms with E-state index in [2.05, 4.69) is 13.5 Å². The third-order valence-electron chi connectivity index (χ3n) is 4.31. The minimum atomic E-state index is -0.844. The van der Waals surface area contributed by atoms with E-state index in [0.29, 0.717) is 6.42 Å². The first-order valence-electron chi connectivity index (χ1n) is 7.80. The summed E-state index contributed by atoms with van der Waals surface area (Å²) >= 11 is 1.25. The Kier molecular flexibility index (Phi) is 6.50. The van der Waals surface area contributed by atoms with Crippen LogP contribution in [0.15, 0.2) is 12.7 Å². The molecule has 114 valence electrons. The van der Waals surface area contributed by atoms with Crippen LogP contribution in [0, 0.1) is 5.41 Å². The first kappa shape index (κ1) is 17.5. The normalized spacial score (nSPS) is 29.9. The number of carbonyl (C=O) groups excluding carboxylic acids is 2. The number of allylic oxidation sites excluding steroid dienone is 1. The maximum Gasteiger partial charge on any atom is 0.203 e. The Morgan fingerprint density at radius 2 is 1.70 bits per heavy atom. The Labute approximate surface area is 127 Å². The van der Waals surface area contributed by atoms with Crippen molar-refractivity contribution >= 4 is 22.7 Å². The van der Waals surface area contributed by atoms with Crippen LogP contribution in [0.5, 0.6) is 0 Å². The maximum absolute atomic E-state index is 12.6. The zero-order chi connectivity index (χ0) is 15.2. The Morgan fingerprint density at radius 3 is 2.30 bits per heavy atom. The first-order chi connectivity index (χ1) is 9.40. The molecule has 2 unspecified atom stereocenters. The second-order valence-corrected chi connectivity index (χ2v) is 7.77. The van der Waals surface area contributed by atoms with Crippen molar-refractivity contribution in [3.8, 4) is 0 Å². The van der Waals surface area contributed by atoms with Crippen molar-refractivity contribution in [3.63, 3.8) is 0 Å². The van der Waals surface area contributed by atoms with Crippen molar-refractivity contribution in [2.45, 2.75) is 76.9 Å². The van der Waals surface area contributed by atoms with Crippen molar-refractivity contribution in [2.24, 2.45) is 5.41 Å². The average molecular weight is 296 g/mol. The van der Waals surface area contributed by atoms with Crippen LogP contribution in [0.3, 0.4) is 0 Å². The molecular formula is C17H28O2S. The summed E-state index contributed by atoms with van der Waals surface area (Å²) in [4.78, 5) is 24.8. The predicted molar refractivity (Wildman–Crippen MR) is 86.9 cm³/mol. The van der Waals surface area contributed by atoms with Gasteiger partial charge in [-0.05, 0) is 26.7 Å². The summed E-state index contributed by atoms with van der Waals surface area (Å²) in [5.41, 5.74) is -0.844. The minimum Gasteiger partial charge on any atom is -0.297 e. The Hall–Kier alpha value is -0.570. The van der Waals surface area contributed by atoms with Gasteiger partial charge in [0.05, 0.1) is 10.2 Å². The topological polar surface area (TPSA) is 34.1 Å². The molecule has 0 aromatic carbocycles. The highest BCUT2D eigenvalue weighted by molar-refractivity contribution is 8.16. The van der Waals surface area contributed by atoms with Gasteiger partial charge in [0.1, 0.15) is 0 Å². The molecule has 3 heteroatoms. The number of Topliss-reactive ketones (excluding diaryl/α,β-unsaturated/α-hetero) is 1. The van der Waals surface area contributed by atoms with Crippen molar-refractivity contribution in [1.82, 2.24) is 0 Å². The highest BCUT2D eigenvalue weighted by Crippen LogP contribution is 2.50. The molecule has 1 aliphatic heterocycles. The monoisotopic (exact) mass is 296 g/mol. The lowest BCUT2D eigenvalue weighted by Crippen LogP contribution is -2.37. The number of unbranched alkanes of at least 4 members (excludes halogenated alkanes) is 5. The van der Waals surface area contributed by atoms with Crippen molar-refractivity contribution in [3.05, 3.63) is 12.7 Å². The molecule has 0 aliphatic carbocycles. The van der Waals surface area contributed by atoms with Crippen LogP contribution < -0.4 is 0 Å². The fourth-order valence-electron chi connectivity index (χ4n) is 2.91. The number of hydrogen-bond donors (Lipinski definition) is 0. The lowest BCUT2D eigenvalue weighted by molar-refractivity contribution is -0.134. The van der Waals surface area contributed by atoms with Crippen molar-refractivity contribution in [1.29, 1.82) is 0 Å². The molecule has 1 saturated heterocycles. The van der Waals surface area contributed by atoms with Gasteiger partial charge in [0.25, 0.3) is 0 Å². The Morgan fingerprint density at radius 1 is 1.10 bits per heavy atom. The summed E-state index contributed by atoms with van der Waals surface area (Å²) in [5, 5.41) is 0.0240. The average Bonchev–Trinajstić information content (AvgIpc) is 2.56. The first-order valence-corrected chi connectivity index (χ1v) is 8.61. The largest absolute Gasteiger partial charge is 0.297 e. The third kappa shape index (κ3) is 3.75. The Bertz CT molecular complexity index is 377. The van der Waals surface area contributed by atoms with Gasteiger partial charge in [-0.15, -0.1) is 6.58 Å². The lowest BCUT2D eigenvalue weighted by atomic mass is 9.77. The molecule has 0 aromatic rings. The van der Waals surface area contributed by atoms with Crippen LogP contribution >= 0.6 is 11.8 Å². The van der Waals surface area contributed by atoms with Gasteiger partial charge in [0.2, 0.25) is 5.12 Å². The molecule has 1 heterocycles. The fourth-order valence-corrected chi connectivity index (χ4v) is 4.29. The van der Waals surface area contributed by atoms with Gasteiger partial charge < -0.3 is 0 Å². The second kappa shape index (κ2) is 7.44. The zero-order valence-electron chi connectivity index (χ0n) is 13.2. The van der Waals surface area contributed by atoms with Gasteiger partial charge in [-0.25, -0.2) is 0 Å². The van der Waals surface area contributed by atoms with E-state index in [1.54, 1.807) is 13.0 Å². The summed E-state index contributed by atoms with van der Waals surface area (Å²) in [6, 6.07) is 0. The van der Waals surface area contributed by atoms with E-state index >= 15 is 0 Å². The summed E-state index contributed by atoms with van der Waals surface area (Å²) in [7, 11) is 0. The standard InChI is InChI=1S/C17H28O2S/c1-5-7-8-9-10-11-13-17(4)14(18)16(3,12-6-2)15(19)20-17/h6H,2,5,7-13H2,1,3-4H3. The van der Waals surface area contributed by atoms with Crippen LogP contribution in [-0.2, 0) is 9.59 Å². The summed E-state index contributed by atoms with van der Waals surface area (Å²) in [6.07, 6.45) is 10.2. The molecule has 20 heavy (non-hydrogen) atoms. The lowest BCUT2D eigenvalue weighted by Gasteiger charge is -2.23. The number of hydrogen-bond acceptors (Lipinski definition) is 3. The molecule has 0 radical (unpaired) electrons. The van der Waals surface area contributed by atoms with E-state index in [4.69, 9.17) is 0 Å². The predicted octanol–water partition coefficient (Wildman–Crippen LogP) is 4.92. The van der Waals surface area contributed by atoms with E-state index in [1.807, 2.05) is 6.92 Å². The van der Waals surface area contributed by atoms with Crippen LogP contribution in [0.1, 0.15) is 72.1 Å². The smallest absolute Gasteiger partial charge is 0.203 e. The minimum absolute atomic E-state index is 0.0240. The number of thioether (sulfide) groups is 1. The van der Waals surface area contributed by atoms with Gasteiger partial charge >= 0.3 is 0 Å². The van der Waals surface area contributed by atoms with E-state index in [1.165, 1.54) is 37.4 Å². The van der Waals surface area contributed by atoms with Gasteiger partial charge in [0.15, 0.2) is 5.78 Å².